The number of rotatable bonds is 6. The molecule has 3 heterocycles. The van der Waals surface area contributed by atoms with Gasteiger partial charge in [0.15, 0.2) is 10.3 Å². The summed E-state index contributed by atoms with van der Waals surface area (Å²) in [6, 6.07) is -0.508. The molecular weight excluding hydrogens is 356 g/mol. The minimum atomic E-state index is -0.508. The minimum absolute atomic E-state index is 0.105. The van der Waals surface area contributed by atoms with Crippen LogP contribution in [0.1, 0.15) is 19.5 Å². The molecule has 0 bridgehead atoms. The number of thiazole rings is 2. The lowest BCUT2D eigenvalue weighted by molar-refractivity contribution is -0.118. The highest BCUT2D eigenvalue weighted by atomic mass is 32.1. The monoisotopic (exact) mass is 380 g/mol. The van der Waals surface area contributed by atoms with Crippen molar-refractivity contribution in [2.24, 2.45) is 11.7 Å². The summed E-state index contributed by atoms with van der Waals surface area (Å²) in [5.41, 5.74) is 6.85. The molecule has 2 aromatic rings. The maximum Gasteiger partial charge on any atom is 0.243 e. The third kappa shape index (κ3) is 4.75. The predicted octanol–water partition coefficient (Wildman–Crippen LogP) is 1.84. The molecule has 1 aliphatic rings. The number of carbonyl (C=O) groups is 1. The first-order valence-corrected chi connectivity index (χ1v) is 10.2. The number of carbonyl (C=O) groups excluding carboxylic acids is 1. The van der Waals surface area contributed by atoms with Gasteiger partial charge in [0.05, 0.1) is 11.7 Å². The van der Waals surface area contributed by atoms with Gasteiger partial charge in [-0.25, -0.2) is 9.97 Å². The predicted molar refractivity (Wildman–Crippen MR) is 103 cm³/mol. The first-order valence-electron chi connectivity index (χ1n) is 8.40. The Bertz CT molecular complexity index is 679. The first-order chi connectivity index (χ1) is 12.0. The number of hydrogen-bond donors (Lipinski definition) is 2. The summed E-state index contributed by atoms with van der Waals surface area (Å²) in [5, 5.41) is 8.55. The van der Waals surface area contributed by atoms with Crippen LogP contribution in [0.4, 0.5) is 10.3 Å². The van der Waals surface area contributed by atoms with Gasteiger partial charge in [-0.1, -0.05) is 13.8 Å². The average molecular weight is 381 g/mol. The van der Waals surface area contributed by atoms with Crippen LogP contribution in [-0.2, 0) is 11.3 Å². The van der Waals surface area contributed by atoms with E-state index in [1.165, 1.54) is 11.3 Å². The Balaban J connectivity index is 1.48. The van der Waals surface area contributed by atoms with Crippen LogP contribution in [0.15, 0.2) is 17.0 Å². The zero-order valence-corrected chi connectivity index (χ0v) is 16.1. The van der Waals surface area contributed by atoms with Gasteiger partial charge in [-0.2, -0.15) is 0 Å². The molecule has 3 N–H and O–H groups in total. The largest absolute Gasteiger partial charge is 0.346 e. The summed E-state index contributed by atoms with van der Waals surface area (Å²) >= 11 is 3.13. The van der Waals surface area contributed by atoms with E-state index in [1.807, 2.05) is 30.8 Å². The summed E-state index contributed by atoms with van der Waals surface area (Å²) in [6.45, 7) is 8.59. The van der Waals surface area contributed by atoms with Crippen LogP contribution in [0.2, 0.25) is 0 Å². The number of nitrogens with two attached hydrogens (primary N) is 1. The van der Waals surface area contributed by atoms with Crippen LogP contribution in [0.3, 0.4) is 0 Å². The molecule has 25 heavy (non-hydrogen) atoms. The molecule has 136 valence electrons. The summed E-state index contributed by atoms with van der Waals surface area (Å²) in [5.74, 6) is -0.0680. The zero-order valence-electron chi connectivity index (χ0n) is 14.5. The van der Waals surface area contributed by atoms with E-state index in [4.69, 9.17) is 5.73 Å². The van der Waals surface area contributed by atoms with Gasteiger partial charge in [0.2, 0.25) is 5.91 Å². The number of aromatic nitrogens is 2. The Labute approximate surface area is 155 Å². The van der Waals surface area contributed by atoms with E-state index in [0.29, 0.717) is 5.13 Å². The molecule has 9 heteroatoms. The van der Waals surface area contributed by atoms with Gasteiger partial charge in [-0.05, 0) is 5.92 Å². The molecule has 0 saturated carbocycles. The normalized spacial score (nSPS) is 17.0. The van der Waals surface area contributed by atoms with E-state index in [0.717, 1.165) is 43.5 Å². The van der Waals surface area contributed by atoms with Gasteiger partial charge in [-0.15, -0.1) is 22.7 Å². The highest BCUT2D eigenvalue weighted by Gasteiger charge is 2.21. The Morgan fingerprint density at radius 1 is 1.32 bits per heavy atom. The van der Waals surface area contributed by atoms with Crippen LogP contribution >= 0.6 is 22.7 Å². The van der Waals surface area contributed by atoms with Gasteiger partial charge in [0, 0.05) is 49.7 Å². The molecule has 3 rings (SSSR count). The van der Waals surface area contributed by atoms with Crippen LogP contribution in [0.5, 0.6) is 0 Å². The van der Waals surface area contributed by atoms with Crippen molar-refractivity contribution in [3.05, 3.63) is 22.7 Å². The Morgan fingerprint density at radius 3 is 2.72 bits per heavy atom. The molecule has 7 nitrogen and oxygen atoms in total. The summed E-state index contributed by atoms with van der Waals surface area (Å²) in [4.78, 5) is 25.6. The third-order valence-corrected chi connectivity index (χ3v) is 5.89. The molecular formula is C16H24N6OS2. The van der Waals surface area contributed by atoms with Gasteiger partial charge in [0.1, 0.15) is 0 Å². The quantitative estimate of drug-likeness (QED) is 0.795. The SMILES string of the molecule is CC(C)[C@H](N)C(=O)Nc1nc(CN2CCN(c3nccs3)CC2)cs1. The second-order valence-corrected chi connectivity index (χ2v) is 8.21. The van der Waals surface area contributed by atoms with E-state index in [2.05, 4.69) is 25.1 Å². The highest BCUT2D eigenvalue weighted by molar-refractivity contribution is 7.14. The van der Waals surface area contributed by atoms with Gasteiger partial charge in [-0.3, -0.25) is 9.69 Å². The number of anilines is 2. The van der Waals surface area contributed by atoms with Crippen LogP contribution in [0.25, 0.3) is 0 Å². The number of hydrogen-bond acceptors (Lipinski definition) is 8. The van der Waals surface area contributed by atoms with E-state index >= 15 is 0 Å². The molecule has 0 spiro atoms. The van der Waals surface area contributed by atoms with Crippen molar-refractivity contribution in [2.75, 3.05) is 36.4 Å². The molecule has 0 unspecified atom stereocenters. The molecule has 1 amide bonds. The minimum Gasteiger partial charge on any atom is -0.346 e. The molecule has 0 aliphatic carbocycles. The summed E-state index contributed by atoms with van der Waals surface area (Å²) in [6.07, 6.45) is 1.85. The standard InChI is InChI=1S/C16H24N6OS2/c1-11(2)13(17)14(23)20-15-19-12(10-25-15)9-21-4-6-22(7-5-21)16-18-3-8-24-16/h3,8,10-11,13H,4-7,9,17H2,1-2H3,(H,19,20,23)/t13-/m0/s1. The zero-order chi connectivity index (χ0) is 17.8. The summed E-state index contributed by atoms with van der Waals surface area (Å²) in [7, 11) is 0. The fourth-order valence-electron chi connectivity index (χ4n) is 2.63. The van der Waals surface area contributed by atoms with Crippen molar-refractivity contribution in [1.29, 1.82) is 0 Å². The van der Waals surface area contributed by atoms with Crippen LogP contribution in [0, 0.1) is 5.92 Å². The van der Waals surface area contributed by atoms with Crippen molar-refractivity contribution in [3.8, 4) is 0 Å². The van der Waals surface area contributed by atoms with E-state index in [1.54, 1.807) is 11.3 Å². The lowest BCUT2D eigenvalue weighted by atomic mass is 10.1. The molecule has 1 atom stereocenters. The molecule has 1 aliphatic heterocycles. The van der Waals surface area contributed by atoms with Crippen LogP contribution < -0.4 is 16.0 Å². The van der Waals surface area contributed by atoms with Crippen molar-refractivity contribution < 1.29 is 4.79 Å². The van der Waals surface area contributed by atoms with E-state index in [-0.39, 0.29) is 11.8 Å². The van der Waals surface area contributed by atoms with Crippen LogP contribution in [-0.4, -0.2) is 53.0 Å². The fraction of sp³-hybridized carbons (Fsp3) is 0.562. The average Bonchev–Trinajstić information content (AvgIpc) is 3.27. The maximum absolute atomic E-state index is 12.0. The third-order valence-electron chi connectivity index (χ3n) is 4.25. The highest BCUT2D eigenvalue weighted by Crippen LogP contribution is 2.21. The number of nitrogens with zero attached hydrogens (tertiary/aromatic N) is 4. The smallest absolute Gasteiger partial charge is 0.243 e. The lowest BCUT2D eigenvalue weighted by Gasteiger charge is -2.34. The van der Waals surface area contributed by atoms with E-state index < -0.39 is 6.04 Å². The first kappa shape index (κ1) is 18.2. The Hall–Kier alpha value is -1.55. The van der Waals surface area contributed by atoms with Crippen molar-refractivity contribution in [3.63, 3.8) is 0 Å². The molecule has 0 aromatic carbocycles. The van der Waals surface area contributed by atoms with Gasteiger partial charge in [0.25, 0.3) is 0 Å². The number of amides is 1. The lowest BCUT2D eigenvalue weighted by Crippen LogP contribution is -2.46. The Morgan fingerprint density at radius 2 is 2.08 bits per heavy atom. The van der Waals surface area contributed by atoms with Gasteiger partial charge >= 0.3 is 0 Å². The number of piperazine rings is 1. The molecule has 1 fully saturated rings. The van der Waals surface area contributed by atoms with Gasteiger partial charge < -0.3 is 16.0 Å². The molecule has 0 radical (unpaired) electrons. The Kier molecular flexibility index (Phi) is 6.00. The van der Waals surface area contributed by atoms with E-state index in [9.17, 15) is 4.79 Å². The topological polar surface area (TPSA) is 87.4 Å². The van der Waals surface area contributed by atoms with Crippen molar-refractivity contribution >= 4 is 38.8 Å². The van der Waals surface area contributed by atoms with Crippen molar-refractivity contribution in [2.45, 2.75) is 26.4 Å². The van der Waals surface area contributed by atoms with Crippen molar-refractivity contribution in [1.82, 2.24) is 14.9 Å². The summed E-state index contributed by atoms with van der Waals surface area (Å²) < 4.78 is 0. The number of nitrogens with one attached hydrogen (secondary N) is 1. The molecule has 2 aromatic heterocycles. The fourth-order valence-corrected chi connectivity index (χ4v) is 4.03. The second-order valence-electron chi connectivity index (χ2n) is 6.48. The molecule has 1 saturated heterocycles. The maximum atomic E-state index is 12.0. The second kappa shape index (κ2) is 8.22.